The third-order valence-corrected chi connectivity index (χ3v) is 3.34. The number of benzene rings is 1. The Morgan fingerprint density at radius 1 is 1.25 bits per heavy atom. The zero-order valence-electron chi connectivity index (χ0n) is 11.7. The van der Waals surface area contributed by atoms with Crippen molar-refractivity contribution >= 4 is 17.6 Å². The summed E-state index contributed by atoms with van der Waals surface area (Å²) in [5, 5.41) is 0. The maximum Gasteiger partial charge on any atom is 0.311 e. The highest BCUT2D eigenvalue weighted by Gasteiger charge is 2.36. The highest BCUT2D eigenvalue weighted by molar-refractivity contribution is 6.00. The molecule has 1 aromatic carbocycles. The standard InChI is InChI=1S/C14H17NO5/c1-18-10-4-5-11(12(7-10)19-2)15-8-9(6-13(15)16)14(17)20-3/h4-5,7,9H,6,8H2,1-3H3. The van der Waals surface area contributed by atoms with Gasteiger partial charge in [0.1, 0.15) is 11.5 Å². The summed E-state index contributed by atoms with van der Waals surface area (Å²) >= 11 is 0. The molecule has 20 heavy (non-hydrogen) atoms. The van der Waals surface area contributed by atoms with Gasteiger partial charge in [0.15, 0.2) is 0 Å². The van der Waals surface area contributed by atoms with Crippen LogP contribution in [0.3, 0.4) is 0 Å². The van der Waals surface area contributed by atoms with Crippen molar-refractivity contribution in [3.63, 3.8) is 0 Å². The van der Waals surface area contributed by atoms with E-state index >= 15 is 0 Å². The molecule has 0 spiro atoms. The van der Waals surface area contributed by atoms with Gasteiger partial charge in [0.05, 0.1) is 32.9 Å². The Kier molecular flexibility index (Phi) is 4.12. The molecule has 1 amide bonds. The summed E-state index contributed by atoms with van der Waals surface area (Å²) in [6.07, 6.45) is 0.155. The van der Waals surface area contributed by atoms with Gasteiger partial charge < -0.3 is 19.1 Å². The summed E-state index contributed by atoms with van der Waals surface area (Å²) in [6.45, 7) is 0.300. The molecule has 6 nitrogen and oxygen atoms in total. The quantitative estimate of drug-likeness (QED) is 0.776. The van der Waals surface area contributed by atoms with Gasteiger partial charge in [-0.3, -0.25) is 9.59 Å². The van der Waals surface area contributed by atoms with E-state index in [0.29, 0.717) is 23.7 Å². The summed E-state index contributed by atoms with van der Waals surface area (Å²) in [7, 11) is 4.41. The van der Waals surface area contributed by atoms with E-state index in [1.54, 1.807) is 30.2 Å². The first-order valence-corrected chi connectivity index (χ1v) is 6.21. The topological polar surface area (TPSA) is 65.1 Å². The normalized spacial score (nSPS) is 18.1. The van der Waals surface area contributed by atoms with E-state index < -0.39 is 5.92 Å². The van der Waals surface area contributed by atoms with Crippen LogP contribution in [0.5, 0.6) is 11.5 Å². The molecule has 0 aromatic heterocycles. The first kappa shape index (κ1) is 14.2. The predicted molar refractivity (Wildman–Crippen MR) is 72.0 cm³/mol. The molecule has 1 atom stereocenters. The lowest BCUT2D eigenvalue weighted by Gasteiger charge is -2.19. The molecule has 1 aliphatic rings. The van der Waals surface area contributed by atoms with E-state index in [9.17, 15) is 9.59 Å². The average molecular weight is 279 g/mol. The minimum absolute atomic E-state index is 0.121. The molecule has 1 unspecified atom stereocenters. The van der Waals surface area contributed by atoms with Crippen LogP contribution in [-0.4, -0.2) is 39.8 Å². The Balaban J connectivity index is 2.28. The van der Waals surface area contributed by atoms with Crippen LogP contribution in [0.1, 0.15) is 6.42 Å². The second-order valence-electron chi connectivity index (χ2n) is 4.47. The number of nitrogens with zero attached hydrogens (tertiary/aromatic N) is 1. The monoisotopic (exact) mass is 279 g/mol. The minimum Gasteiger partial charge on any atom is -0.497 e. The molecule has 0 N–H and O–H groups in total. The summed E-state index contributed by atoms with van der Waals surface area (Å²) in [4.78, 5) is 25.1. The van der Waals surface area contributed by atoms with Gasteiger partial charge in [0, 0.05) is 19.0 Å². The maximum absolute atomic E-state index is 12.1. The first-order chi connectivity index (χ1) is 9.60. The molecule has 1 fully saturated rings. The van der Waals surface area contributed by atoms with Crippen molar-refractivity contribution in [1.29, 1.82) is 0 Å². The van der Waals surface area contributed by atoms with Crippen LogP contribution in [0, 0.1) is 5.92 Å². The molecule has 1 heterocycles. The molecule has 0 aliphatic carbocycles. The third-order valence-electron chi connectivity index (χ3n) is 3.34. The molecule has 0 saturated carbocycles. The molecule has 1 aliphatic heterocycles. The molecule has 1 aromatic rings. The molecule has 6 heteroatoms. The van der Waals surface area contributed by atoms with Gasteiger partial charge in [-0.1, -0.05) is 0 Å². The number of methoxy groups -OCH3 is 3. The number of hydrogen-bond donors (Lipinski definition) is 0. The zero-order valence-corrected chi connectivity index (χ0v) is 11.7. The van der Waals surface area contributed by atoms with Crippen LogP contribution in [-0.2, 0) is 14.3 Å². The lowest BCUT2D eigenvalue weighted by atomic mass is 10.1. The zero-order chi connectivity index (χ0) is 14.7. The maximum atomic E-state index is 12.1. The van der Waals surface area contributed by atoms with E-state index in [1.807, 2.05) is 0 Å². The number of rotatable bonds is 4. The highest BCUT2D eigenvalue weighted by Crippen LogP contribution is 2.35. The average Bonchev–Trinajstić information content (AvgIpc) is 2.87. The number of carbonyl (C=O) groups excluding carboxylic acids is 2. The lowest BCUT2D eigenvalue weighted by Crippen LogP contribution is -2.26. The largest absolute Gasteiger partial charge is 0.497 e. The van der Waals surface area contributed by atoms with Crippen molar-refractivity contribution < 1.29 is 23.8 Å². The first-order valence-electron chi connectivity index (χ1n) is 6.21. The van der Waals surface area contributed by atoms with E-state index in [1.165, 1.54) is 14.2 Å². The van der Waals surface area contributed by atoms with Gasteiger partial charge in [-0.25, -0.2) is 0 Å². The Morgan fingerprint density at radius 3 is 2.60 bits per heavy atom. The summed E-state index contributed by atoms with van der Waals surface area (Å²) in [6, 6.07) is 5.19. The SMILES string of the molecule is COC(=O)C1CC(=O)N(c2ccc(OC)cc2OC)C1. The van der Waals surface area contributed by atoms with Crippen LogP contribution < -0.4 is 14.4 Å². The molecule has 1 saturated heterocycles. The van der Waals surface area contributed by atoms with Crippen molar-refractivity contribution in [2.24, 2.45) is 5.92 Å². The minimum atomic E-state index is -0.431. The summed E-state index contributed by atoms with van der Waals surface area (Å²) in [5.41, 5.74) is 0.629. The van der Waals surface area contributed by atoms with Crippen molar-refractivity contribution in [3.05, 3.63) is 18.2 Å². The van der Waals surface area contributed by atoms with Crippen molar-refractivity contribution in [2.45, 2.75) is 6.42 Å². The Bertz CT molecular complexity index is 528. The van der Waals surface area contributed by atoms with Gasteiger partial charge >= 0.3 is 5.97 Å². The van der Waals surface area contributed by atoms with Crippen molar-refractivity contribution in [2.75, 3.05) is 32.8 Å². The van der Waals surface area contributed by atoms with E-state index in [-0.39, 0.29) is 18.3 Å². The lowest BCUT2D eigenvalue weighted by molar-refractivity contribution is -0.145. The van der Waals surface area contributed by atoms with Gasteiger partial charge in [-0.2, -0.15) is 0 Å². The molecular weight excluding hydrogens is 262 g/mol. The number of hydrogen-bond acceptors (Lipinski definition) is 5. The molecule has 108 valence electrons. The Hall–Kier alpha value is -2.24. The van der Waals surface area contributed by atoms with Crippen LogP contribution in [0.25, 0.3) is 0 Å². The fourth-order valence-electron chi connectivity index (χ4n) is 2.27. The molecular formula is C14H17NO5. The highest BCUT2D eigenvalue weighted by atomic mass is 16.5. The van der Waals surface area contributed by atoms with Crippen LogP contribution in [0.15, 0.2) is 18.2 Å². The number of esters is 1. The summed E-state index contributed by atoms with van der Waals surface area (Å²) in [5.74, 6) is 0.251. The number of carbonyl (C=O) groups is 2. The Labute approximate surface area is 117 Å². The van der Waals surface area contributed by atoms with Crippen LogP contribution in [0.4, 0.5) is 5.69 Å². The van der Waals surface area contributed by atoms with Gasteiger partial charge in [-0.15, -0.1) is 0 Å². The van der Waals surface area contributed by atoms with Crippen LogP contribution in [0.2, 0.25) is 0 Å². The van der Waals surface area contributed by atoms with E-state index in [2.05, 4.69) is 0 Å². The second-order valence-corrected chi connectivity index (χ2v) is 4.47. The molecule has 0 radical (unpaired) electrons. The van der Waals surface area contributed by atoms with Gasteiger partial charge in [0.25, 0.3) is 0 Å². The van der Waals surface area contributed by atoms with Crippen LogP contribution >= 0.6 is 0 Å². The second kappa shape index (κ2) is 5.81. The Morgan fingerprint density at radius 2 is 2.00 bits per heavy atom. The number of anilines is 1. The fourth-order valence-corrected chi connectivity index (χ4v) is 2.27. The number of ether oxygens (including phenoxy) is 3. The van der Waals surface area contributed by atoms with Crippen molar-refractivity contribution in [1.82, 2.24) is 0 Å². The predicted octanol–water partition coefficient (Wildman–Crippen LogP) is 1.23. The van der Waals surface area contributed by atoms with E-state index in [4.69, 9.17) is 14.2 Å². The van der Waals surface area contributed by atoms with E-state index in [0.717, 1.165) is 0 Å². The smallest absolute Gasteiger partial charge is 0.311 e. The van der Waals surface area contributed by atoms with Gasteiger partial charge in [0.2, 0.25) is 5.91 Å². The summed E-state index contributed by atoms with van der Waals surface area (Å²) < 4.78 is 15.1. The molecule has 0 bridgehead atoms. The molecule has 2 rings (SSSR count). The third kappa shape index (κ3) is 2.54. The fraction of sp³-hybridized carbons (Fsp3) is 0.429. The van der Waals surface area contributed by atoms with Gasteiger partial charge in [-0.05, 0) is 12.1 Å². The number of amides is 1. The van der Waals surface area contributed by atoms with Crippen molar-refractivity contribution in [3.8, 4) is 11.5 Å².